The first-order valence-corrected chi connectivity index (χ1v) is 6.04. The van der Waals surface area contributed by atoms with E-state index in [1.807, 2.05) is 32.0 Å². The highest BCUT2D eigenvalue weighted by Gasteiger charge is 2.23. The van der Waals surface area contributed by atoms with Crippen LogP contribution in [0.4, 0.5) is 0 Å². The normalized spacial score (nSPS) is 14.1. The lowest BCUT2D eigenvalue weighted by Gasteiger charge is -2.21. The van der Waals surface area contributed by atoms with Gasteiger partial charge in [-0.2, -0.15) is 0 Å². The number of carbonyl (C=O) groups excluding carboxylic acids is 1. The average Bonchev–Trinajstić information content (AvgIpc) is 2.38. The maximum Gasteiger partial charge on any atom is 0.310 e. The van der Waals surface area contributed by atoms with Gasteiger partial charge < -0.3 is 10.1 Å². The molecule has 0 radical (unpaired) electrons. The summed E-state index contributed by atoms with van der Waals surface area (Å²) in [5.74, 6) is -0.218. The molecule has 0 aromatic heterocycles. The van der Waals surface area contributed by atoms with Crippen LogP contribution in [0.15, 0.2) is 30.3 Å². The third kappa shape index (κ3) is 4.19. The van der Waals surface area contributed by atoms with E-state index in [9.17, 15) is 4.79 Å². The van der Waals surface area contributed by atoms with Crippen LogP contribution in [0, 0.1) is 5.92 Å². The third-order valence-corrected chi connectivity index (χ3v) is 3.02. The molecule has 1 aromatic rings. The number of esters is 1. The van der Waals surface area contributed by atoms with Crippen LogP contribution < -0.4 is 5.32 Å². The number of carbonyl (C=O) groups is 1. The van der Waals surface area contributed by atoms with Gasteiger partial charge in [0.15, 0.2) is 0 Å². The largest absolute Gasteiger partial charge is 0.469 e. The van der Waals surface area contributed by atoms with Gasteiger partial charge >= 0.3 is 5.97 Å². The fourth-order valence-corrected chi connectivity index (χ4v) is 1.89. The molecule has 0 bridgehead atoms. The minimum atomic E-state index is -0.138. The zero-order valence-corrected chi connectivity index (χ0v) is 10.8. The molecule has 0 heterocycles. The van der Waals surface area contributed by atoms with Crippen LogP contribution in [0.1, 0.15) is 25.8 Å². The first kappa shape index (κ1) is 13.7. The summed E-state index contributed by atoms with van der Waals surface area (Å²) in [4.78, 5) is 11.5. The highest BCUT2D eigenvalue weighted by Crippen LogP contribution is 2.11. The van der Waals surface area contributed by atoms with Crippen molar-refractivity contribution in [1.82, 2.24) is 5.32 Å². The summed E-state index contributed by atoms with van der Waals surface area (Å²) in [5, 5.41) is 3.36. The summed E-state index contributed by atoms with van der Waals surface area (Å²) in [5.41, 5.74) is 1.22. The van der Waals surface area contributed by atoms with Gasteiger partial charge in [-0.05, 0) is 18.9 Å². The van der Waals surface area contributed by atoms with Crippen LogP contribution in [0.3, 0.4) is 0 Å². The molecule has 0 aliphatic carbocycles. The van der Waals surface area contributed by atoms with Gasteiger partial charge in [0.1, 0.15) is 0 Å². The number of hydrogen-bond acceptors (Lipinski definition) is 3. The third-order valence-electron chi connectivity index (χ3n) is 3.02. The number of methoxy groups -OCH3 is 1. The Balaban J connectivity index is 2.48. The molecule has 0 aliphatic heterocycles. The molecule has 17 heavy (non-hydrogen) atoms. The summed E-state index contributed by atoms with van der Waals surface area (Å²) in [6.07, 6.45) is 0.787. The molecule has 0 saturated carbocycles. The number of hydrogen-bond donors (Lipinski definition) is 1. The van der Waals surface area contributed by atoms with Gasteiger partial charge in [-0.25, -0.2) is 0 Å². The second-order valence-electron chi connectivity index (χ2n) is 4.19. The smallest absolute Gasteiger partial charge is 0.310 e. The molecule has 3 heteroatoms. The quantitative estimate of drug-likeness (QED) is 0.769. The number of nitrogens with one attached hydrogen (secondary N) is 1. The summed E-state index contributed by atoms with van der Waals surface area (Å²) in [7, 11) is 1.44. The maximum atomic E-state index is 11.5. The maximum absolute atomic E-state index is 11.5. The highest BCUT2D eigenvalue weighted by atomic mass is 16.5. The molecule has 0 saturated heterocycles. The summed E-state index contributed by atoms with van der Waals surface area (Å²) < 4.78 is 4.80. The fraction of sp³-hybridized carbons (Fsp3) is 0.500. The molecular weight excluding hydrogens is 214 g/mol. The monoisotopic (exact) mass is 235 g/mol. The Kier molecular flexibility index (Phi) is 5.70. The molecule has 0 fully saturated rings. The van der Waals surface area contributed by atoms with Crippen molar-refractivity contribution in [2.75, 3.05) is 7.11 Å². The van der Waals surface area contributed by atoms with Gasteiger partial charge in [-0.1, -0.05) is 37.3 Å². The molecule has 94 valence electrons. The Morgan fingerprint density at radius 3 is 2.53 bits per heavy atom. The predicted octanol–water partition coefficient (Wildman–Crippen LogP) is 2.36. The van der Waals surface area contributed by atoms with Crippen molar-refractivity contribution in [2.45, 2.75) is 32.9 Å². The summed E-state index contributed by atoms with van der Waals surface area (Å²) in [6, 6.07) is 10.3. The molecule has 0 spiro atoms. The Bertz CT molecular complexity index is 337. The Morgan fingerprint density at radius 2 is 2.00 bits per heavy atom. The molecule has 0 aliphatic rings. The summed E-state index contributed by atoms with van der Waals surface area (Å²) in [6.45, 7) is 4.80. The summed E-state index contributed by atoms with van der Waals surface area (Å²) >= 11 is 0. The van der Waals surface area contributed by atoms with E-state index in [2.05, 4.69) is 17.4 Å². The lowest BCUT2D eigenvalue weighted by Crippen LogP contribution is -2.37. The van der Waals surface area contributed by atoms with Crippen molar-refractivity contribution >= 4 is 5.97 Å². The van der Waals surface area contributed by atoms with Gasteiger partial charge in [-0.15, -0.1) is 0 Å². The van der Waals surface area contributed by atoms with Gasteiger partial charge in [0.25, 0.3) is 0 Å². The van der Waals surface area contributed by atoms with Crippen molar-refractivity contribution in [3.05, 3.63) is 35.9 Å². The molecule has 0 amide bonds. The van der Waals surface area contributed by atoms with Crippen LogP contribution >= 0.6 is 0 Å². The lowest BCUT2D eigenvalue weighted by molar-refractivity contribution is -0.146. The molecule has 1 rings (SSSR count). The van der Waals surface area contributed by atoms with Gasteiger partial charge in [-0.3, -0.25) is 4.79 Å². The van der Waals surface area contributed by atoms with Crippen LogP contribution in [0.2, 0.25) is 0 Å². The zero-order chi connectivity index (χ0) is 12.7. The molecule has 1 aromatic carbocycles. The van der Waals surface area contributed by atoms with E-state index in [1.54, 1.807) is 0 Å². The van der Waals surface area contributed by atoms with E-state index in [4.69, 9.17) is 4.74 Å². The second-order valence-corrected chi connectivity index (χ2v) is 4.19. The minimum Gasteiger partial charge on any atom is -0.469 e. The van der Waals surface area contributed by atoms with E-state index in [1.165, 1.54) is 12.7 Å². The molecular formula is C14H21NO2. The van der Waals surface area contributed by atoms with Crippen molar-refractivity contribution < 1.29 is 9.53 Å². The lowest BCUT2D eigenvalue weighted by atomic mass is 9.98. The van der Waals surface area contributed by atoms with Crippen LogP contribution in [-0.4, -0.2) is 19.1 Å². The van der Waals surface area contributed by atoms with E-state index >= 15 is 0 Å². The first-order valence-electron chi connectivity index (χ1n) is 6.04. The van der Waals surface area contributed by atoms with Crippen molar-refractivity contribution in [2.24, 2.45) is 5.92 Å². The molecule has 2 unspecified atom stereocenters. The van der Waals surface area contributed by atoms with E-state index in [0.717, 1.165) is 13.0 Å². The van der Waals surface area contributed by atoms with E-state index in [0.29, 0.717) is 0 Å². The van der Waals surface area contributed by atoms with Crippen molar-refractivity contribution in [3.8, 4) is 0 Å². The standard InChI is InChI=1S/C14H21NO2/c1-4-13(14(16)17-3)11(2)15-10-12-8-6-5-7-9-12/h5-9,11,13,15H,4,10H2,1-3H3. The SMILES string of the molecule is CCC(C(=O)OC)C(C)NCc1ccccc1. The van der Waals surface area contributed by atoms with Crippen LogP contribution in [0.5, 0.6) is 0 Å². The first-order chi connectivity index (χ1) is 8.19. The molecule has 2 atom stereocenters. The topological polar surface area (TPSA) is 38.3 Å². The number of benzene rings is 1. The van der Waals surface area contributed by atoms with E-state index < -0.39 is 0 Å². The van der Waals surface area contributed by atoms with E-state index in [-0.39, 0.29) is 17.9 Å². The van der Waals surface area contributed by atoms with Gasteiger partial charge in [0, 0.05) is 12.6 Å². The minimum absolute atomic E-state index is 0.0799. The Hall–Kier alpha value is -1.35. The van der Waals surface area contributed by atoms with Gasteiger partial charge in [0.2, 0.25) is 0 Å². The van der Waals surface area contributed by atoms with Crippen molar-refractivity contribution in [1.29, 1.82) is 0 Å². The number of ether oxygens (including phenoxy) is 1. The van der Waals surface area contributed by atoms with Crippen molar-refractivity contribution in [3.63, 3.8) is 0 Å². The van der Waals surface area contributed by atoms with Crippen LogP contribution in [-0.2, 0) is 16.1 Å². The predicted molar refractivity (Wildman–Crippen MR) is 68.5 cm³/mol. The van der Waals surface area contributed by atoms with Crippen LogP contribution in [0.25, 0.3) is 0 Å². The Morgan fingerprint density at radius 1 is 1.35 bits per heavy atom. The number of rotatable bonds is 6. The second kappa shape index (κ2) is 7.07. The zero-order valence-electron chi connectivity index (χ0n) is 10.8. The fourth-order valence-electron chi connectivity index (χ4n) is 1.89. The highest BCUT2D eigenvalue weighted by molar-refractivity contribution is 5.72. The molecule has 1 N–H and O–H groups in total. The Labute approximate surface area is 103 Å². The van der Waals surface area contributed by atoms with Gasteiger partial charge in [0.05, 0.1) is 13.0 Å². The molecule has 3 nitrogen and oxygen atoms in total. The average molecular weight is 235 g/mol.